The number of hydrogen-bond donors (Lipinski definition) is 0. The first-order chi connectivity index (χ1) is 8.11. The molecule has 17 heavy (non-hydrogen) atoms. The van der Waals surface area contributed by atoms with E-state index in [1.54, 1.807) is 6.07 Å². The van der Waals surface area contributed by atoms with Gasteiger partial charge in [-0.05, 0) is 19.1 Å². The van der Waals surface area contributed by atoms with Crippen molar-refractivity contribution in [2.45, 2.75) is 30.4 Å². The molecule has 1 saturated carbocycles. The van der Waals surface area contributed by atoms with E-state index >= 15 is 0 Å². The van der Waals surface area contributed by atoms with Crippen LogP contribution in [0.25, 0.3) is 0 Å². The Labute approximate surface area is 113 Å². The summed E-state index contributed by atoms with van der Waals surface area (Å²) < 4.78 is 24.4. The van der Waals surface area contributed by atoms with Crippen molar-refractivity contribution >= 4 is 27.5 Å². The summed E-state index contributed by atoms with van der Waals surface area (Å²) in [5.74, 6) is 0.0212. The van der Waals surface area contributed by atoms with Crippen molar-refractivity contribution in [3.8, 4) is 5.75 Å². The smallest absolute Gasteiger partial charge is 0.145 e. The first kappa shape index (κ1) is 13.1. The maximum absolute atomic E-state index is 13.2. The van der Waals surface area contributed by atoms with Gasteiger partial charge in [0.25, 0.3) is 0 Å². The summed E-state index contributed by atoms with van der Waals surface area (Å²) in [6.07, 6.45) is 0.855. The molecular formula is C12H13BrClFO2. The summed E-state index contributed by atoms with van der Waals surface area (Å²) in [6, 6.07) is 4.45. The van der Waals surface area contributed by atoms with Gasteiger partial charge in [0.15, 0.2) is 0 Å². The first-order valence-corrected chi connectivity index (χ1v) is 6.78. The standard InChI is InChI=1S/C12H13BrClFO2/c1-2-16-12-8(13)6-11(12)17-7-3-4-9(14)10(15)5-7/h3-5,8,11-12H,2,6H2,1H3. The van der Waals surface area contributed by atoms with Crippen molar-refractivity contribution in [1.82, 2.24) is 0 Å². The van der Waals surface area contributed by atoms with Gasteiger partial charge in [-0.2, -0.15) is 0 Å². The van der Waals surface area contributed by atoms with E-state index in [-0.39, 0.29) is 17.2 Å². The van der Waals surface area contributed by atoms with E-state index in [0.29, 0.717) is 17.2 Å². The summed E-state index contributed by atoms with van der Waals surface area (Å²) in [5, 5.41) is 0.102. The van der Waals surface area contributed by atoms with Crippen LogP contribution in [0, 0.1) is 5.82 Å². The third kappa shape index (κ3) is 2.92. The second-order valence-electron chi connectivity index (χ2n) is 3.90. The third-order valence-electron chi connectivity index (χ3n) is 2.72. The normalized spacial score (nSPS) is 27.6. The number of hydrogen-bond acceptors (Lipinski definition) is 2. The zero-order chi connectivity index (χ0) is 12.4. The van der Waals surface area contributed by atoms with E-state index in [2.05, 4.69) is 15.9 Å². The monoisotopic (exact) mass is 322 g/mol. The van der Waals surface area contributed by atoms with E-state index in [4.69, 9.17) is 21.1 Å². The molecule has 1 fully saturated rings. The van der Waals surface area contributed by atoms with Crippen molar-refractivity contribution in [3.63, 3.8) is 0 Å². The van der Waals surface area contributed by atoms with Gasteiger partial charge in [0.05, 0.1) is 5.02 Å². The van der Waals surface area contributed by atoms with Crippen molar-refractivity contribution in [3.05, 3.63) is 29.0 Å². The average molecular weight is 324 g/mol. The Balaban J connectivity index is 1.99. The van der Waals surface area contributed by atoms with E-state index in [9.17, 15) is 4.39 Å². The lowest BCUT2D eigenvalue weighted by molar-refractivity contribution is -0.0724. The second-order valence-corrected chi connectivity index (χ2v) is 5.49. The molecule has 1 aromatic carbocycles. The van der Waals surface area contributed by atoms with E-state index in [1.165, 1.54) is 12.1 Å². The van der Waals surface area contributed by atoms with Crippen LogP contribution < -0.4 is 4.74 Å². The lowest BCUT2D eigenvalue weighted by Crippen LogP contribution is -2.52. The van der Waals surface area contributed by atoms with Crippen molar-refractivity contribution in [1.29, 1.82) is 0 Å². The Hall–Kier alpha value is -0.320. The maximum atomic E-state index is 13.2. The van der Waals surface area contributed by atoms with Gasteiger partial charge in [0, 0.05) is 23.9 Å². The molecule has 2 rings (SSSR count). The highest BCUT2D eigenvalue weighted by Crippen LogP contribution is 2.34. The number of alkyl halides is 1. The molecule has 1 aromatic rings. The van der Waals surface area contributed by atoms with Crippen LogP contribution >= 0.6 is 27.5 Å². The van der Waals surface area contributed by atoms with Crippen LogP contribution in [-0.2, 0) is 4.74 Å². The minimum atomic E-state index is -0.466. The van der Waals surface area contributed by atoms with Crippen LogP contribution in [0.5, 0.6) is 5.75 Å². The van der Waals surface area contributed by atoms with Crippen LogP contribution in [0.3, 0.4) is 0 Å². The zero-order valence-corrected chi connectivity index (χ0v) is 11.7. The summed E-state index contributed by atoms with van der Waals surface area (Å²) in [4.78, 5) is 0.310. The molecule has 0 heterocycles. The molecule has 0 radical (unpaired) electrons. The highest BCUT2D eigenvalue weighted by atomic mass is 79.9. The second kappa shape index (κ2) is 5.55. The van der Waals surface area contributed by atoms with Crippen LogP contribution in [0.4, 0.5) is 4.39 Å². The minimum absolute atomic E-state index is 0.0266. The molecule has 94 valence electrons. The topological polar surface area (TPSA) is 18.5 Å². The van der Waals surface area contributed by atoms with Crippen molar-refractivity contribution < 1.29 is 13.9 Å². The maximum Gasteiger partial charge on any atom is 0.145 e. The fourth-order valence-electron chi connectivity index (χ4n) is 1.77. The number of benzene rings is 1. The Morgan fingerprint density at radius 1 is 1.53 bits per heavy atom. The Kier molecular flexibility index (Phi) is 4.28. The van der Waals surface area contributed by atoms with Gasteiger partial charge in [-0.1, -0.05) is 27.5 Å². The van der Waals surface area contributed by atoms with Gasteiger partial charge >= 0.3 is 0 Å². The quantitative estimate of drug-likeness (QED) is 0.785. The molecule has 0 aromatic heterocycles. The number of halogens is 3. The van der Waals surface area contributed by atoms with E-state index in [0.717, 1.165) is 6.42 Å². The summed E-state index contributed by atoms with van der Waals surface area (Å²) >= 11 is 9.11. The molecule has 3 unspecified atom stereocenters. The molecule has 0 amide bonds. The van der Waals surface area contributed by atoms with Gasteiger partial charge < -0.3 is 9.47 Å². The van der Waals surface area contributed by atoms with Gasteiger partial charge in [-0.25, -0.2) is 4.39 Å². The first-order valence-electron chi connectivity index (χ1n) is 5.49. The Bertz CT molecular complexity index is 402. The fourth-order valence-corrected chi connectivity index (χ4v) is 2.75. The largest absolute Gasteiger partial charge is 0.488 e. The van der Waals surface area contributed by atoms with Gasteiger partial charge in [-0.15, -0.1) is 0 Å². The third-order valence-corrected chi connectivity index (χ3v) is 3.92. The van der Waals surface area contributed by atoms with Crippen LogP contribution in [0.15, 0.2) is 18.2 Å². The van der Waals surface area contributed by atoms with E-state index < -0.39 is 5.82 Å². The summed E-state index contributed by atoms with van der Waals surface area (Å²) in [7, 11) is 0. The number of ether oxygens (including phenoxy) is 2. The van der Waals surface area contributed by atoms with Crippen molar-refractivity contribution in [2.75, 3.05) is 6.61 Å². The minimum Gasteiger partial charge on any atom is -0.488 e. The molecule has 1 aliphatic rings. The predicted molar refractivity (Wildman–Crippen MR) is 68.6 cm³/mol. The summed E-state index contributed by atoms with van der Waals surface area (Å²) in [5.41, 5.74) is 0. The Morgan fingerprint density at radius 3 is 2.88 bits per heavy atom. The fraction of sp³-hybridized carbons (Fsp3) is 0.500. The molecule has 0 spiro atoms. The molecule has 0 bridgehead atoms. The van der Waals surface area contributed by atoms with E-state index in [1.807, 2.05) is 6.92 Å². The van der Waals surface area contributed by atoms with Crippen LogP contribution in [0.1, 0.15) is 13.3 Å². The van der Waals surface area contributed by atoms with Crippen molar-refractivity contribution in [2.24, 2.45) is 0 Å². The van der Waals surface area contributed by atoms with Gasteiger partial charge in [0.2, 0.25) is 0 Å². The average Bonchev–Trinajstić information content (AvgIpc) is 2.30. The van der Waals surface area contributed by atoms with Crippen LogP contribution in [-0.4, -0.2) is 23.6 Å². The predicted octanol–water partition coefficient (Wildman–Crippen LogP) is 3.80. The zero-order valence-electron chi connectivity index (χ0n) is 9.33. The molecule has 0 N–H and O–H groups in total. The van der Waals surface area contributed by atoms with Gasteiger partial charge in [-0.3, -0.25) is 0 Å². The Morgan fingerprint density at radius 2 is 2.29 bits per heavy atom. The van der Waals surface area contributed by atoms with Gasteiger partial charge in [0.1, 0.15) is 23.8 Å². The molecule has 0 saturated heterocycles. The lowest BCUT2D eigenvalue weighted by Gasteiger charge is -2.40. The highest BCUT2D eigenvalue weighted by molar-refractivity contribution is 9.09. The summed E-state index contributed by atoms with van der Waals surface area (Å²) in [6.45, 7) is 2.58. The highest BCUT2D eigenvalue weighted by Gasteiger charge is 2.42. The number of rotatable bonds is 4. The molecular weight excluding hydrogens is 310 g/mol. The lowest BCUT2D eigenvalue weighted by atomic mass is 9.91. The molecule has 1 aliphatic carbocycles. The molecule has 5 heteroatoms. The SMILES string of the molecule is CCOC1C(Br)CC1Oc1ccc(Cl)c(F)c1. The van der Waals surface area contributed by atoms with Crippen LogP contribution in [0.2, 0.25) is 5.02 Å². The molecule has 0 aliphatic heterocycles. The molecule has 3 atom stereocenters. The molecule has 2 nitrogen and oxygen atoms in total.